The van der Waals surface area contributed by atoms with Crippen LogP contribution in [0.3, 0.4) is 0 Å². The Balaban J connectivity index is 2.32. The van der Waals surface area contributed by atoms with E-state index in [2.05, 4.69) is 21.0 Å². The summed E-state index contributed by atoms with van der Waals surface area (Å²) in [5.74, 6) is -0.382. The molecule has 0 unspecified atom stereocenters. The Labute approximate surface area is 139 Å². The topological polar surface area (TPSA) is 105 Å². The lowest BCUT2D eigenvalue weighted by Gasteiger charge is -2.11. The van der Waals surface area contributed by atoms with E-state index < -0.39 is 0 Å². The zero-order chi connectivity index (χ0) is 17.9. The SMILES string of the molecule is CC(=O)Nc1cc(NC(C)=O)cc(C(=O)Nc2cc(C)nn2C)c1. The minimum absolute atomic E-state index is 0.274. The number of hydrogen-bond acceptors (Lipinski definition) is 4. The molecule has 1 aromatic heterocycles. The maximum Gasteiger partial charge on any atom is 0.256 e. The highest BCUT2D eigenvalue weighted by Crippen LogP contribution is 2.20. The fourth-order valence-corrected chi connectivity index (χ4v) is 2.23. The van der Waals surface area contributed by atoms with Crippen molar-refractivity contribution in [3.8, 4) is 0 Å². The lowest BCUT2D eigenvalue weighted by molar-refractivity contribution is -0.115. The van der Waals surface area contributed by atoms with Gasteiger partial charge in [0.05, 0.1) is 5.69 Å². The van der Waals surface area contributed by atoms with Crippen molar-refractivity contribution in [1.82, 2.24) is 9.78 Å². The molecule has 126 valence electrons. The van der Waals surface area contributed by atoms with Crippen LogP contribution < -0.4 is 16.0 Å². The second kappa shape index (κ2) is 6.95. The van der Waals surface area contributed by atoms with Gasteiger partial charge in [0.2, 0.25) is 11.8 Å². The fraction of sp³-hybridized carbons (Fsp3) is 0.250. The zero-order valence-corrected chi connectivity index (χ0v) is 13.9. The number of aromatic nitrogens is 2. The summed E-state index contributed by atoms with van der Waals surface area (Å²) in [5.41, 5.74) is 1.91. The van der Waals surface area contributed by atoms with Gasteiger partial charge >= 0.3 is 0 Å². The van der Waals surface area contributed by atoms with Gasteiger partial charge in [-0.15, -0.1) is 0 Å². The molecule has 0 atom stereocenters. The summed E-state index contributed by atoms with van der Waals surface area (Å²) in [5, 5.41) is 12.1. The third kappa shape index (κ3) is 4.42. The van der Waals surface area contributed by atoms with Gasteiger partial charge in [-0.25, -0.2) is 0 Å². The van der Waals surface area contributed by atoms with Gasteiger partial charge in [0.25, 0.3) is 5.91 Å². The first kappa shape index (κ1) is 17.2. The molecule has 0 radical (unpaired) electrons. The molecule has 0 saturated heterocycles. The van der Waals surface area contributed by atoms with E-state index in [4.69, 9.17) is 0 Å². The van der Waals surface area contributed by atoms with Crippen LogP contribution in [0.2, 0.25) is 0 Å². The van der Waals surface area contributed by atoms with Crippen LogP contribution in [0.1, 0.15) is 29.9 Å². The van der Waals surface area contributed by atoms with E-state index in [0.29, 0.717) is 22.8 Å². The number of hydrogen-bond donors (Lipinski definition) is 3. The van der Waals surface area contributed by atoms with E-state index in [1.807, 2.05) is 6.92 Å². The van der Waals surface area contributed by atoms with E-state index in [-0.39, 0.29) is 17.7 Å². The maximum atomic E-state index is 12.5. The Morgan fingerprint density at radius 1 is 0.917 bits per heavy atom. The quantitative estimate of drug-likeness (QED) is 0.796. The smallest absolute Gasteiger partial charge is 0.256 e. The van der Waals surface area contributed by atoms with Gasteiger partial charge in [-0.05, 0) is 25.1 Å². The van der Waals surface area contributed by atoms with Crippen molar-refractivity contribution in [3.63, 3.8) is 0 Å². The molecule has 8 nitrogen and oxygen atoms in total. The molecule has 0 aliphatic rings. The Bertz CT molecular complexity index is 776. The molecule has 0 bridgehead atoms. The Morgan fingerprint density at radius 3 is 1.88 bits per heavy atom. The first-order chi connectivity index (χ1) is 11.2. The first-order valence-corrected chi connectivity index (χ1v) is 7.27. The Hall–Kier alpha value is -3.16. The number of anilines is 3. The molecule has 0 aliphatic heterocycles. The highest BCUT2D eigenvalue weighted by molar-refractivity contribution is 6.06. The average Bonchev–Trinajstić information content (AvgIpc) is 2.74. The predicted octanol–water partition coefficient (Wildman–Crippen LogP) is 1.90. The normalized spacial score (nSPS) is 10.2. The van der Waals surface area contributed by atoms with Gasteiger partial charge in [-0.2, -0.15) is 5.10 Å². The Morgan fingerprint density at radius 2 is 1.46 bits per heavy atom. The predicted molar refractivity (Wildman–Crippen MR) is 90.9 cm³/mol. The van der Waals surface area contributed by atoms with Gasteiger partial charge in [0.1, 0.15) is 5.82 Å². The summed E-state index contributed by atoms with van der Waals surface area (Å²) < 4.78 is 1.56. The lowest BCUT2D eigenvalue weighted by Crippen LogP contribution is -2.16. The van der Waals surface area contributed by atoms with Crippen molar-refractivity contribution in [1.29, 1.82) is 0 Å². The average molecular weight is 329 g/mol. The monoisotopic (exact) mass is 329 g/mol. The van der Waals surface area contributed by atoms with Crippen LogP contribution in [0.4, 0.5) is 17.2 Å². The van der Waals surface area contributed by atoms with Crippen LogP contribution >= 0.6 is 0 Å². The van der Waals surface area contributed by atoms with E-state index >= 15 is 0 Å². The molecule has 3 N–H and O–H groups in total. The van der Waals surface area contributed by atoms with E-state index in [1.54, 1.807) is 23.9 Å². The summed E-state index contributed by atoms with van der Waals surface area (Å²) in [6.45, 7) is 4.55. The number of nitrogens with zero attached hydrogens (tertiary/aromatic N) is 2. The van der Waals surface area contributed by atoms with Crippen LogP contribution in [0.5, 0.6) is 0 Å². The molecule has 8 heteroatoms. The van der Waals surface area contributed by atoms with Gasteiger partial charge < -0.3 is 16.0 Å². The molecule has 0 fully saturated rings. The van der Waals surface area contributed by atoms with E-state index in [9.17, 15) is 14.4 Å². The molecule has 2 aromatic rings. The molecular weight excluding hydrogens is 310 g/mol. The highest BCUT2D eigenvalue weighted by Gasteiger charge is 2.13. The summed E-state index contributed by atoms with van der Waals surface area (Å²) >= 11 is 0. The maximum absolute atomic E-state index is 12.5. The number of rotatable bonds is 4. The molecule has 2 rings (SSSR count). The molecule has 1 heterocycles. The summed E-state index contributed by atoms with van der Waals surface area (Å²) in [7, 11) is 1.72. The van der Waals surface area contributed by atoms with Crippen LogP contribution in [0, 0.1) is 6.92 Å². The van der Waals surface area contributed by atoms with E-state index in [1.165, 1.54) is 26.0 Å². The van der Waals surface area contributed by atoms with Gasteiger partial charge in [0, 0.05) is 43.9 Å². The number of amides is 3. The fourth-order valence-electron chi connectivity index (χ4n) is 2.23. The van der Waals surface area contributed by atoms with Crippen molar-refractivity contribution in [2.45, 2.75) is 20.8 Å². The second-order valence-electron chi connectivity index (χ2n) is 5.41. The minimum atomic E-state index is -0.378. The van der Waals surface area contributed by atoms with Crippen molar-refractivity contribution < 1.29 is 14.4 Å². The van der Waals surface area contributed by atoms with Crippen LogP contribution in [-0.4, -0.2) is 27.5 Å². The number of carbonyl (C=O) groups is 3. The molecule has 0 saturated carbocycles. The van der Waals surface area contributed by atoms with Gasteiger partial charge in [-0.1, -0.05) is 0 Å². The molecule has 0 spiro atoms. The minimum Gasteiger partial charge on any atom is -0.326 e. The molecule has 1 aromatic carbocycles. The van der Waals surface area contributed by atoms with Crippen molar-refractivity contribution in [3.05, 3.63) is 35.5 Å². The lowest BCUT2D eigenvalue weighted by atomic mass is 10.1. The van der Waals surface area contributed by atoms with Crippen molar-refractivity contribution in [2.24, 2.45) is 7.05 Å². The zero-order valence-electron chi connectivity index (χ0n) is 13.9. The van der Waals surface area contributed by atoms with Gasteiger partial charge in [0.15, 0.2) is 0 Å². The molecule has 3 amide bonds. The standard InChI is InChI=1S/C16H19N5O3/c1-9-5-15(21(4)20-9)19-16(24)12-6-13(17-10(2)22)8-14(7-12)18-11(3)23/h5-8H,1-4H3,(H,17,22)(H,18,23)(H,19,24). The van der Waals surface area contributed by atoms with Crippen LogP contribution in [0.15, 0.2) is 24.3 Å². The van der Waals surface area contributed by atoms with Crippen molar-refractivity contribution >= 4 is 34.9 Å². The van der Waals surface area contributed by atoms with Crippen LogP contribution in [0.25, 0.3) is 0 Å². The number of benzene rings is 1. The molecule has 24 heavy (non-hydrogen) atoms. The molecule has 0 aliphatic carbocycles. The second-order valence-corrected chi connectivity index (χ2v) is 5.41. The number of aryl methyl sites for hydroxylation is 2. The van der Waals surface area contributed by atoms with E-state index in [0.717, 1.165) is 5.69 Å². The Kier molecular flexibility index (Phi) is 4.98. The highest BCUT2D eigenvalue weighted by atomic mass is 16.2. The summed E-state index contributed by atoms with van der Waals surface area (Å²) in [6, 6.07) is 6.38. The third-order valence-electron chi connectivity index (χ3n) is 3.08. The molecular formula is C16H19N5O3. The van der Waals surface area contributed by atoms with Gasteiger partial charge in [-0.3, -0.25) is 19.1 Å². The summed E-state index contributed by atoms with van der Waals surface area (Å²) in [4.78, 5) is 35.0. The number of nitrogens with one attached hydrogen (secondary N) is 3. The van der Waals surface area contributed by atoms with Crippen molar-refractivity contribution in [2.75, 3.05) is 16.0 Å². The largest absolute Gasteiger partial charge is 0.326 e. The van der Waals surface area contributed by atoms with Crippen LogP contribution in [-0.2, 0) is 16.6 Å². The first-order valence-electron chi connectivity index (χ1n) is 7.27. The third-order valence-corrected chi connectivity index (χ3v) is 3.08. The number of carbonyl (C=O) groups excluding carboxylic acids is 3. The summed E-state index contributed by atoms with van der Waals surface area (Å²) in [6.07, 6.45) is 0.